The van der Waals surface area contributed by atoms with E-state index >= 15 is 0 Å². The second-order valence-electron chi connectivity index (χ2n) is 5.14. The van der Waals surface area contributed by atoms with Crippen molar-refractivity contribution in [3.8, 4) is 5.75 Å². The average Bonchev–Trinajstić information content (AvgIpc) is 2.78. The highest BCUT2D eigenvalue weighted by atomic mass is 16.5. The maximum atomic E-state index is 10.0. The number of ether oxygens (including phenoxy) is 1. The van der Waals surface area contributed by atoms with Crippen molar-refractivity contribution in [1.82, 2.24) is 5.32 Å². The van der Waals surface area contributed by atoms with E-state index in [-0.39, 0.29) is 0 Å². The number of phenols is 1. The van der Waals surface area contributed by atoms with Gasteiger partial charge >= 0.3 is 0 Å². The lowest BCUT2D eigenvalue weighted by Crippen LogP contribution is -2.28. The molecule has 0 radical (unpaired) electrons. The maximum absolute atomic E-state index is 10.0. The molecule has 2 N–H and O–H groups in total. The Labute approximate surface area is 102 Å². The number of aromatic hydroxyl groups is 1. The van der Waals surface area contributed by atoms with E-state index < -0.39 is 0 Å². The van der Waals surface area contributed by atoms with Crippen molar-refractivity contribution in [2.24, 2.45) is 5.92 Å². The molecule has 1 saturated heterocycles. The standard InChI is InChI=1S/C14H19NO2/c16-14-7-13-9-17-8-12(13)6-11(14)5-10-1-3-15-4-2-10/h6-7,10,15-16H,1-5,8-9H2. The first-order chi connectivity index (χ1) is 8.33. The molecule has 0 unspecified atom stereocenters. The zero-order chi connectivity index (χ0) is 11.7. The van der Waals surface area contributed by atoms with Gasteiger partial charge in [-0.1, -0.05) is 0 Å². The lowest BCUT2D eigenvalue weighted by Gasteiger charge is -2.23. The molecule has 3 nitrogen and oxygen atoms in total. The highest BCUT2D eigenvalue weighted by molar-refractivity contribution is 5.43. The summed E-state index contributed by atoms with van der Waals surface area (Å²) in [6, 6.07) is 4.03. The molecule has 1 aromatic rings. The fourth-order valence-electron chi connectivity index (χ4n) is 2.83. The Hall–Kier alpha value is -1.06. The predicted octanol–water partition coefficient (Wildman–Crippen LogP) is 1.96. The van der Waals surface area contributed by atoms with Crippen LogP contribution in [0.5, 0.6) is 5.75 Å². The summed E-state index contributed by atoms with van der Waals surface area (Å²) in [7, 11) is 0. The number of benzene rings is 1. The van der Waals surface area contributed by atoms with E-state index in [1.165, 1.54) is 18.4 Å². The summed E-state index contributed by atoms with van der Waals surface area (Å²) < 4.78 is 5.39. The topological polar surface area (TPSA) is 41.5 Å². The normalized spacial score (nSPS) is 20.5. The number of phenolic OH excluding ortho intramolecular Hbond substituents is 1. The molecule has 0 spiro atoms. The maximum Gasteiger partial charge on any atom is 0.119 e. The minimum atomic E-state index is 0.452. The summed E-state index contributed by atoms with van der Waals surface area (Å²) >= 11 is 0. The van der Waals surface area contributed by atoms with Crippen molar-refractivity contribution in [2.45, 2.75) is 32.5 Å². The summed E-state index contributed by atoms with van der Waals surface area (Å²) in [5, 5.41) is 13.4. The number of rotatable bonds is 2. The largest absolute Gasteiger partial charge is 0.508 e. The van der Waals surface area contributed by atoms with Crippen molar-refractivity contribution in [3.05, 3.63) is 28.8 Å². The molecule has 0 saturated carbocycles. The van der Waals surface area contributed by atoms with Gasteiger partial charge < -0.3 is 15.2 Å². The van der Waals surface area contributed by atoms with E-state index in [1.807, 2.05) is 6.07 Å². The van der Waals surface area contributed by atoms with Gasteiger partial charge in [0.25, 0.3) is 0 Å². The van der Waals surface area contributed by atoms with Crippen LogP contribution in [0.4, 0.5) is 0 Å². The van der Waals surface area contributed by atoms with Gasteiger partial charge in [0, 0.05) is 0 Å². The van der Waals surface area contributed by atoms with Crippen LogP contribution >= 0.6 is 0 Å². The molecule has 3 heteroatoms. The first-order valence-electron chi connectivity index (χ1n) is 6.45. The molecule has 0 amide bonds. The Kier molecular flexibility index (Phi) is 3.04. The zero-order valence-electron chi connectivity index (χ0n) is 10.0. The van der Waals surface area contributed by atoms with E-state index in [4.69, 9.17) is 4.74 Å². The van der Waals surface area contributed by atoms with E-state index in [9.17, 15) is 5.11 Å². The van der Waals surface area contributed by atoms with Crippen LogP contribution in [-0.2, 0) is 24.4 Å². The molecular weight excluding hydrogens is 214 g/mol. The van der Waals surface area contributed by atoms with Crippen LogP contribution in [0.2, 0.25) is 0 Å². The molecule has 1 aromatic carbocycles. The van der Waals surface area contributed by atoms with Crippen LogP contribution in [0.15, 0.2) is 12.1 Å². The van der Waals surface area contributed by atoms with Crippen molar-refractivity contribution in [2.75, 3.05) is 13.1 Å². The van der Waals surface area contributed by atoms with Crippen LogP contribution in [-0.4, -0.2) is 18.2 Å². The van der Waals surface area contributed by atoms with Crippen LogP contribution < -0.4 is 5.32 Å². The second-order valence-corrected chi connectivity index (χ2v) is 5.14. The average molecular weight is 233 g/mol. The lowest BCUT2D eigenvalue weighted by molar-refractivity contribution is 0.134. The fourth-order valence-corrected chi connectivity index (χ4v) is 2.83. The highest BCUT2D eigenvalue weighted by Gasteiger charge is 2.19. The second kappa shape index (κ2) is 4.67. The summed E-state index contributed by atoms with van der Waals surface area (Å²) in [5.41, 5.74) is 3.50. The van der Waals surface area contributed by atoms with Gasteiger partial charge in [0.2, 0.25) is 0 Å². The van der Waals surface area contributed by atoms with Gasteiger partial charge in [0.1, 0.15) is 5.75 Å². The van der Waals surface area contributed by atoms with Crippen LogP contribution in [0.3, 0.4) is 0 Å². The molecule has 2 aliphatic heterocycles. The molecule has 0 aromatic heterocycles. The molecule has 2 heterocycles. The highest BCUT2D eigenvalue weighted by Crippen LogP contribution is 2.30. The van der Waals surface area contributed by atoms with E-state index in [1.54, 1.807) is 0 Å². The van der Waals surface area contributed by atoms with Gasteiger partial charge in [-0.3, -0.25) is 0 Å². The Morgan fingerprint density at radius 2 is 1.88 bits per heavy atom. The van der Waals surface area contributed by atoms with E-state index in [0.717, 1.165) is 30.6 Å². The molecule has 1 fully saturated rings. The van der Waals surface area contributed by atoms with Gasteiger partial charge in [-0.15, -0.1) is 0 Å². The zero-order valence-corrected chi connectivity index (χ0v) is 10.0. The van der Waals surface area contributed by atoms with Crippen molar-refractivity contribution >= 4 is 0 Å². The van der Waals surface area contributed by atoms with Crippen molar-refractivity contribution in [3.63, 3.8) is 0 Å². The van der Waals surface area contributed by atoms with Crippen molar-refractivity contribution in [1.29, 1.82) is 0 Å². The van der Waals surface area contributed by atoms with Gasteiger partial charge in [-0.25, -0.2) is 0 Å². The Morgan fingerprint density at radius 3 is 2.65 bits per heavy atom. The Balaban J connectivity index is 1.78. The summed E-state index contributed by atoms with van der Waals surface area (Å²) in [6.07, 6.45) is 3.43. The third-order valence-electron chi connectivity index (χ3n) is 3.88. The minimum absolute atomic E-state index is 0.452. The van der Waals surface area contributed by atoms with Crippen LogP contribution in [0.1, 0.15) is 29.5 Å². The molecular formula is C14H19NO2. The quantitative estimate of drug-likeness (QED) is 0.820. The van der Waals surface area contributed by atoms with Gasteiger partial charge in [0.05, 0.1) is 13.2 Å². The van der Waals surface area contributed by atoms with E-state index in [0.29, 0.717) is 24.9 Å². The smallest absolute Gasteiger partial charge is 0.119 e. The van der Waals surface area contributed by atoms with Gasteiger partial charge in [-0.2, -0.15) is 0 Å². The number of hydrogen-bond acceptors (Lipinski definition) is 3. The fraction of sp³-hybridized carbons (Fsp3) is 0.571. The van der Waals surface area contributed by atoms with Crippen molar-refractivity contribution < 1.29 is 9.84 Å². The Bertz CT molecular complexity index is 411. The minimum Gasteiger partial charge on any atom is -0.508 e. The molecule has 0 atom stereocenters. The molecule has 0 bridgehead atoms. The number of piperidine rings is 1. The number of nitrogens with one attached hydrogen (secondary N) is 1. The van der Waals surface area contributed by atoms with Crippen LogP contribution in [0.25, 0.3) is 0 Å². The van der Waals surface area contributed by atoms with Gasteiger partial charge in [0.15, 0.2) is 0 Å². The molecule has 3 rings (SSSR count). The third-order valence-corrected chi connectivity index (χ3v) is 3.88. The van der Waals surface area contributed by atoms with Crippen LogP contribution in [0, 0.1) is 5.92 Å². The first-order valence-corrected chi connectivity index (χ1v) is 6.45. The molecule has 2 aliphatic rings. The summed E-state index contributed by atoms with van der Waals surface area (Å²) in [5.74, 6) is 1.16. The monoisotopic (exact) mass is 233 g/mol. The SMILES string of the molecule is Oc1cc2c(cc1CC1CCNCC1)COC2. The molecule has 92 valence electrons. The third kappa shape index (κ3) is 2.31. The molecule has 0 aliphatic carbocycles. The van der Waals surface area contributed by atoms with Gasteiger partial charge in [-0.05, 0) is 67.1 Å². The number of hydrogen-bond donors (Lipinski definition) is 2. The summed E-state index contributed by atoms with van der Waals surface area (Å²) in [6.45, 7) is 3.57. The van der Waals surface area contributed by atoms with E-state index in [2.05, 4.69) is 11.4 Å². The summed E-state index contributed by atoms with van der Waals surface area (Å²) in [4.78, 5) is 0. The predicted molar refractivity (Wildman–Crippen MR) is 65.9 cm³/mol. The lowest BCUT2D eigenvalue weighted by atomic mass is 9.89. The molecule has 17 heavy (non-hydrogen) atoms. The number of fused-ring (bicyclic) bond motifs is 1. The first kappa shape index (κ1) is 11.1. The Morgan fingerprint density at radius 1 is 1.18 bits per heavy atom.